The summed E-state index contributed by atoms with van der Waals surface area (Å²) in [6.07, 6.45) is 13.1. The zero-order chi connectivity index (χ0) is 14.5. The van der Waals surface area contributed by atoms with Gasteiger partial charge in [-0.05, 0) is 12.8 Å². The molecule has 0 atom stereocenters. The van der Waals surface area contributed by atoms with Gasteiger partial charge in [0, 0.05) is 63.0 Å². The Hall–Kier alpha value is -2.24. The van der Waals surface area contributed by atoms with Crippen molar-refractivity contribution in [3.8, 4) is 0 Å². The number of amides is 1. The second kappa shape index (κ2) is 6.47. The molecule has 0 aromatic carbocycles. The van der Waals surface area contributed by atoms with E-state index in [4.69, 9.17) is 0 Å². The molecule has 1 aliphatic rings. The summed E-state index contributed by atoms with van der Waals surface area (Å²) in [5.41, 5.74) is 1.04. The second-order valence-electron chi connectivity index (χ2n) is 5.34. The lowest BCUT2D eigenvalue weighted by Crippen LogP contribution is -2.38. The topological polar surface area (TPSA) is 63.9 Å². The Labute approximate surface area is 123 Å². The van der Waals surface area contributed by atoms with Crippen LogP contribution in [0.3, 0.4) is 0 Å². The van der Waals surface area contributed by atoms with Crippen molar-refractivity contribution in [3.63, 3.8) is 0 Å². The first kappa shape index (κ1) is 13.7. The zero-order valence-electron chi connectivity index (χ0n) is 11.9. The maximum Gasteiger partial charge on any atom is 0.224 e. The number of hydrogen-bond donors (Lipinski definition) is 0. The third-order valence-electron chi connectivity index (χ3n) is 3.99. The Morgan fingerprint density at radius 2 is 2.05 bits per heavy atom. The van der Waals surface area contributed by atoms with Crippen molar-refractivity contribution in [3.05, 3.63) is 43.0 Å². The minimum atomic E-state index is 0.223. The van der Waals surface area contributed by atoms with Crippen LogP contribution in [0, 0.1) is 0 Å². The molecule has 0 spiro atoms. The van der Waals surface area contributed by atoms with Gasteiger partial charge in [0.2, 0.25) is 5.91 Å². The molecule has 0 unspecified atom stereocenters. The molecule has 3 rings (SSSR count). The molecule has 3 heterocycles. The molecular weight excluding hydrogens is 266 g/mol. The third kappa shape index (κ3) is 3.45. The van der Waals surface area contributed by atoms with E-state index in [2.05, 4.69) is 15.0 Å². The summed E-state index contributed by atoms with van der Waals surface area (Å²) in [7, 11) is 0. The van der Waals surface area contributed by atoms with E-state index in [1.165, 1.54) is 0 Å². The monoisotopic (exact) mass is 285 g/mol. The highest BCUT2D eigenvalue weighted by atomic mass is 16.2. The summed E-state index contributed by atoms with van der Waals surface area (Å²) < 4.78 is 1.93. The fourth-order valence-electron chi connectivity index (χ4n) is 2.75. The van der Waals surface area contributed by atoms with E-state index < -0.39 is 0 Å². The number of piperidine rings is 1. The standard InChI is InChI=1S/C15H19N5O/c21-15(3-7-19-10-6-17-12-19)20-8-1-13(2-9-20)14-11-16-4-5-18-14/h4-6,10-13H,1-3,7-9H2. The first-order valence-corrected chi connectivity index (χ1v) is 7.32. The van der Waals surface area contributed by atoms with E-state index in [0.717, 1.165) is 31.6 Å². The normalized spacial score (nSPS) is 16.1. The molecule has 0 bridgehead atoms. The van der Waals surface area contributed by atoms with Crippen molar-refractivity contribution in [2.45, 2.75) is 31.7 Å². The average molecular weight is 285 g/mol. The van der Waals surface area contributed by atoms with E-state index in [1.54, 1.807) is 24.9 Å². The van der Waals surface area contributed by atoms with Crippen molar-refractivity contribution < 1.29 is 4.79 Å². The Bertz CT molecular complexity index is 561. The van der Waals surface area contributed by atoms with Gasteiger partial charge in [0.1, 0.15) is 0 Å². The van der Waals surface area contributed by atoms with Gasteiger partial charge in [-0.1, -0.05) is 0 Å². The highest BCUT2D eigenvalue weighted by Gasteiger charge is 2.24. The Morgan fingerprint density at radius 1 is 1.19 bits per heavy atom. The molecule has 6 heteroatoms. The maximum absolute atomic E-state index is 12.2. The molecule has 0 aliphatic carbocycles. The van der Waals surface area contributed by atoms with Gasteiger partial charge in [-0.3, -0.25) is 14.8 Å². The number of carbonyl (C=O) groups excluding carboxylic acids is 1. The summed E-state index contributed by atoms with van der Waals surface area (Å²) in [5.74, 6) is 0.651. The van der Waals surface area contributed by atoms with Crippen LogP contribution in [-0.2, 0) is 11.3 Å². The van der Waals surface area contributed by atoms with Gasteiger partial charge in [-0.2, -0.15) is 0 Å². The largest absolute Gasteiger partial charge is 0.343 e. The number of hydrogen-bond acceptors (Lipinski definition) is 4. The zero-order valence-corrected chi connectivity index (χ0v) is 11.9. The van der Waals surface area contributed by atoms with Gasteiger partial charge in [0.05, 0.1) is 12.0 Å². The molecule has 2 aromatic heterocycles. The van der Waals surface area contributed by atoms with Gasteiger partial charge < -0.3 is 9.47 Å². The van der Waals surface area contributed by atoms with Crippen LogP contribution in [0.2, 0.25) is 0 Å². The van der Waals surface area contributed by atoms with Crippen molar-refractivity contribution in [1.82, 2.24) is 24.4 Å². The van der Waals surface area contributed by atoms with Crippen LogP contribution in [0.1, 0.15) is 30.9 Å². The van der Waals surface area contributed by atoms with E-state index in [0.29, 0.717) is 18.9 Å². The molecule has 1 amide bonds. The highest BCUT2D eigenvalue weighted by Crippen LogP contribution is 2.26. The number of aryl methyl sites for hydroxylation is 1. The minimum absolute atomic E-state index is 0.223. The van der Waals surface area contributed by atoms with Crippen LogP contribution in [0.25, 0.3) is 0 Å². The van der Waals surface area contributed by atoms with Gasteiger partial charge in [0.25, 0.3) is 0 Å². The number of imidazole rings is 1. The lowest BCUT2D eigenvalue weighted by Gasteiger charge is -2.31. The second-order valence-corrected chi connectivity index (χ2v) is 5.34. The number of nitrogens with zero attached hydrogens (tertiary/aromatic N) is 5. The predicted molar refractivity (Wildman–Crippen MR) is 77.4 cm³/mol. The van der Waals surface area contributed by atoms with Crippen LogP contribution < -0.4 is 0 Å². The summed E-state index contributed by atoms with van der Waals surface area (Å²) in [6.45, 7) is 2.32. The van der Waals surface area contributed by atoms with E-state index >= 15 is 0 Å². The summed E-state index contributed by atoms with van der Waals surface area (Å²) in [6, 6.07) is 0. The summed E-state index contributed by atoms with van der Waals surface area (Å²) in [5, 5.41) is 0. The molecule has 2 aromatic rings. The fourth-order valence-corrected chi connectivity index (χ4v) is 2.75. The van der Waals surface area contributed by atoms with E-state index in [-0.39, 0.29) is 5.91 Å². The van der Waals surface area contributed by atoms with Crippen molar-refractivity contribution in [2.24, 2.45) is 0 Å². The maximum atomic E-state index is 12.2. The molecule has 110 valence electrons. The van der Waals surface area contributed by atoms with Gasteiger partial charge in [0.15, 0.2) is 0 Å². The van der Waals surface area contributed by atoms with Gasteiger partial charge in [-0.15, -0.1) is 0 Å². The Balaban J connectivity index is 1.48. The average Bonchev–Trinajstić information content (AvgIpc) is 3.07. The quantitative estimate of drug-likeness (QED) is 0.853. The summed E-state index contributed by atoms with van der Waals surface area (Å²) >= 11 is 0. The number of carbonyl (C=O) groups is 1. The fraction of sp³-hybridized carbons (Fsp3) is 0.467. The molecule has 1 fully saturated rings. The first-order valence-electron chi connectivity index (χ1n) is 7.32. The first-order chi connectivity index (χ1) is 10.3. The minimum Gasteiger partial charge on any atom is -0.343 e. The Morgan fingerprint density at radius 3 is 2.71 bits per heavy atom. The Kier molecular flexibility index (Phi) is 4.23. The van der Waals surface area contributed by atoms with Crippen LogP contribution in [0.15, 0.2) is 37.3 Å². The van der Waals surface area contributed by atoms with Crippen LogP contribution >= 0.6 is 0 Å². The predicted octanol–water partition coefficient (Wildman–Crippen LogP) is 1.47. The van der Waals surface area contributed by atoms with Crippen LogP contribution in [-0.4, -0.2) is 43.4 Å². The molecule has 1 aliphatic heterocycles. The van der Waals surface area contributed by atoms with Crippen LogP contribution in [0.5, 0.6) is 0 Å². The SMILES string of the molecule is O=C(CCn1ccnc1)N1CCC(c2cnccn2)CC1. The molecule has 0 saturated carbocycles. The molecule has 0 radical (unpaired) electrons. The molecule has 21 heavy (non-hydrogen) atoms. The van der Waals surface area contributed by atoms with Crippen molar-refractivity contribution in [2.75, 3.05) is 13.1 Å². The van der Waals surface area contributed by atoms with Gasteiger partial charge in [-0.25, -0.2) is 4.98 Å². The van der Waals surface area contributed by atoms with E-state index in [1.807, 2.05) is 21.9 Å². The molecule has 6 nitrogen and oxygen atoms in total. The van der Waals surface area contributed by atoms with Gasteiger partial charge >= 0.3 is 0 Å². The smallest absolute Gasteiger partial charge is 0.224 e. The lowest BCUT2D eigenvalue weighted by atomic mass is 9.93. The molecule has 1 saturated heterocycles. The highest BCUT2D eigenvalue weighted by molar-refractivity contribution is 5.76. The number of aromatic nitrogens is 4. The molecule has 0 N–H and O–H groups in total. The number of likely N-dealkylation sites (tertiary alicyclic amines) is 1. The molecular formula is C15H19N5O. The third-order valence-corrected chi connectivity index (χ3v) is 3.99. The number of rotatable bonds is 4. The lowest BCUT2D eigenvalue weighted by molar-refractivity contribution is -0.132. The van der Waals surface area contributed by atoms with Crippen molar-refractivity contribution in [1.29, 1.82) is 0 Å². The van der Waals surface area contributed by atoms with E-state index in [9.17, 15) is 4.79 Å². The van der Waals surface area contributed by atoms with Crippen molar-refractivity contribution >= 4 is 5.91 Å². The van der Waals surface area contributed by atoms with Crippen LogP contribution in [0.4, 0.5) is 0 Å². The summed E-state index contributed by atoms with van der Waals surface area (Å²) in [4.78, 5) is 26.6.